The predicted molar refractivity (Wildman–Crippen MR) is 95.6 cm³/mol. The summed E-state index contributed by atoms with van der Waals surface area (Å²) >= 11 is 0. The molecule has 136 valence electrons. The summed E-state index contributed by atoms with van der Waals surface area (Å²) in [5.41, 5.74) is 0.0107. The molecule has 0 amide bonds. The number of aromatic amines is 1. The number of methoxy groups -OCH3 is 1. The van der Waals surface area contributed by atoms with Crippen LogP contribution in [0.15, 0.2) is 52.1 Å². The third-order valence-corrected chi connectivity index (χ3v) is 4.01. The molecule has 0 aliphatic rings. The van der Waals surface area contributed by atoms with E-state index in [2.05, 4.69) is 5.10 Å². The van der Waals surface area contributed by atoms with Gasteiger partial charge in [-0.3, -0.25) is 0 Å². The number of aromatic hydroxyl groups is 1. The molecular formula is C18H19N3O5. The molecule has 2 aromatic carbocycles. The molecule has 3 N–H and O–H groups in total. The Hall–Kier alpha value is -3.26. The maximum atomic E-state index is 12.8. The Kier molecular flexibility index (Phi) is 4.94. The largest absolute Gasteiger partial charge is 0.503 e. The van der Waals surface area contributed by atoms with Crippen molar-refractivity contribution in [2.75, 3.05) is 13.7 Å². The van der Waals surface area contributed by atoms with Crippen molar-refractivity contribution in [3.8, 4) is 22.9 Å². The van der Waals surface area contributed by atoms with Crippen LogP contribution in [0.5, 0.6) is 11.5 Å². The lowest BCUT2D eigenvalue weighted by molar-refractivity contribution is 0.288. The average molecular weight is 357 g/mol. The smallest absolute Gasteiger partial charge is 0.356 e. The Morgan fingerprint density at radius 3 is 2.54 bits per heavy atom. The van der Waals surface area contributed by atoms with Crippen LogP contribution in [-0.4, -0.2) is 38.3 Å². The Labute approximate surface area is 148 Å². The van der Waals surface area contributed by atoms with Crippen LogP contribution in [0, 0.1) is 0 Å². The van der Waals surface area contributed by atoms with Crippen LogP contribution in [-0.2, 0) is 6.42 Å². The van der Waals surface area contributed by atoms with Gasteiger partial charge in [-0.05, 0) is 42.7 Å². The first-order chi connectivity index (χ1) is 12.6. The molecular weight excluding hydrogens is 338 g/mol. The topological polar surface area (TPSA) is 109 Å². The number of hydrogen-bond donors (Lipinski definition) is 3. The lowest BCUT2D eigenvalue weighted by Crippen LogP contribution is -2.26. The second-order valence-corrected chi connectivity index (χ2v) is 5.70. The summed E-state index contributed by atoms with van der Waals surface area (Å²) in [6.45, 7) is 0.0136. The standard InChI is InChI=1S/C18H19N3O5/c1-26-15-11-12(6-5-9-22)10-14(16(15)23)21-18(25)20(17(24)19-21)13-7-3-2-4-8-13/h2-4,7-8,10-11,22-23H,5-6,9H2,1H3,(H,19,24). The fraction of sp³-hybridized carbons (Fsp3) is 0.222. The molecule has 0 fully saturated rings. The molecule has 1 aromatic heterocycles. The van der Waals surface area contributed by atoms with E-state index in [0.717, 1.165) is 14.8 Å². The van der Waals surface area contributed by atoms with E-state index in [1.165, 1.54) is 7.11 Å². The fourth-order valence-electron chi connectivity index (χ4n) is 2.75. The summed E-state index contributed by atoms with van der Waals surface area (Å²) in [6.07, 6.45) is 1.04. The Bertz CT molecular complexity index is 1020. The van der Waals surface area contributed by atoms with Gasteiger partial charge in [0.2, 0.25) is 0 Å². The number of nitrogens with one attached hydrogen (secondary N) is 1. The summed E-state index contributed by atoms with van der Waals surface area (Å²) in [6, 6.07) is 11.7. The zero-order chi connectivity index (χ0) is 18.7. The van der Waals surface area contributed by atoms with E-state index in [-0.39, 0.29) is 23.8 Å². The molecule has 0 aliphatic carbocycles. The van der Waals surface area contributed by atoms with E-state index in [0.29, 0.717) is 18.5 Å². The van der Waals surface area contributed by atoms with E-state index < -0.39 is 11.4 Å². The minimum atomic E-state index is -0.641. The number of phenols is 1. The molecule has 0 spiro atoms. The van der Waals surface area contributed by atoms with E-state index in [4.69, 9.17) is 9.84 Å². The number of aliphatic hydroxyl groups is 1. The number of rotatable bonds is 6. The van der Waals surface area contributed by atoms with Gasteiger partial charge in [0.05, 0.1) is 12.8 Å². The third-order valence-electron chi connectivity index (χ3n) is 4.01. The molecule has 26 heavy (non-hydrogen) atoms. The molecule has 0 saturated carbocycles. The van der Waals surface area contributed by atoms with E-state index in [1.54, 1.807) is 42.5 Å². The number of benzene rings is 2. The number of para-hydroxylation sites is 1. The second-order valence-electron chi connectivity index (χ2n) is 5.70. The number of aryl methyl sites for hydroxylation is 1. The van der Waals surface area contributed by atoms with Gasteiger partial charge in [0.1, 0.15) is 5.69 Å². The highest BCUT2D eigenvalue weighted by atomic mass is 16.5. The Morgan fingerprint density at radius 2 is 1.88 bits per heavy atom. The van der Waals surface area contributed by atoms with Crippen LogP contribution in [0.3, 0.4) is 0 Å². The molecule has 0 unspecified atom stereocenters. The maximum absolute atomic E-state index is 12.8. The van der Waals surface area contributed by atoms with E-state index in [9.17, 15) is 14.7 Å². The predicted octanol–water partition coefficient (Wildman–Crippen LogP) is 0.956. The van der Waals surface area contributed by atoms with Crippen molar-refractivity contribution < 1.29 is 14.9 Å². The quantitative estimate of drug-likeness (QED) is 0.609. The van der Waals surface area contributed by atoms with Crippen LogP contribution >= 0.6 is 0 Å². The van der Waals surface area contributed by atoms with Crippen molar-refractivity contribution in [2.45, 2.75) is 12.8 Å². The number of ether oxygens (including phenoxy) is 1. The summed E-state index contributed by atoms with van der Waals surface area (Å²) in [5.74, 6) is -0.0838. The Balaban J connectivity index is 2.18. The number of H-pyrrole nitrogens is 1. The zero-order valence-electron chi connectivity index (χ0n) is 14.2. The van der Waals surface area contributed by atoms with Gasteiger partial charge in [-0.1, -0.05) is 18.2 Å². The summed E-state index contributed by atoms with van der Waals surface area (Å²) in [4.78, 5) is 25.1. The van der Waals surface area contributed by atoms with Gasteiger partial charge >= 0.3 is 11.4 Å². The zero-order valence-corrected chi connectivity index (χ0v) is 14.2. The normalized spacial score (nSPS) is 10.8. The summed E-state index contributed by atoms with van der Waals surface area (Å²) in [5, 5.41) is 21.9. The molecule has 0 saturated heterocycles. The van der Waals surface area contributed by atoms with Crippen LogP contribution in [0.4, 0.5) is 0 Å². The van der Waals surface area contributed by atoms with E-state index in [1.807, 2.05) is 0 Å². The molecule has 8 nitrogen and oxygen atoms in total. The number of aliphatic hydroxyl groups excluding tert-OH is 1. The summed E-state index contributed by atoms with van der Waals surface area (Å²) in [7, 11) is 1.40. The van der Waals surface area contributed by atoms with Gasteiger partial charge in [-0.2, -0.15) is 4.68 Å². The third kappa shape index (κ3) is 3.14. The first kappa shape index (κ1) is 17.6. The van der Waals surface area contributed by atoms with Crippen LogP contribution < -0.4 is 16.1 Å². The number of nitrogens with zero attached hydrogens (tertiary/aromatic N) is 2. The number of aromatic nitrogens is 3. The first-order valence-corrected chi connectivity index (χ1v) is 8.07. The van der Waals surface area contributed by atoms with Crippen molar-refractivity contribution in [1.29, 1.82) is 0 Å². The van der Waals surface area contributed by atoms with Gasteiger partial charge < -0.3 is 14.9 Å². The van der Waals surface area contributed by atoms with Crippen LogP contribution in [0.2, 0.25) is 0 Å². The van der Waals surface area contributed by atoms with Gasteiger partial charge in [0.25, 0.3) is 0 Å². The number of hydrogen-bond acceptors (Lipinski definition) is 5. The minimum absolute atomic E-state index is 0.0136. The Morgan fingerprint density at radius 1 is 1.15 bits per heavy atom. The molecule has 1 heterocycles. The van der Waals surface area contributed by atoms with Crippen molar-refractivity contribution in [2.24, 2.45) is 0 Å². The second kappa shape index (κ2) is 7.32. The van der Waals surface area contributed by atoms with Crippen LogP contribution in [0.25, 0.3) is 11.4 Å². The maximum Gasteiger partial charge on any atom is 0.356 e. The van der Waals surface area contributed by atoms with Gasteiger partial charge in [-0.25, -0.2) is 19.3 Å². The summed E-state index contributed by atoms with van der Waals surface area (Å²) < 4.78 is 7.12. The van der Waals surface area contributed by atoms with Crippen molar-refractivity contribution in [3.63, 3.8) is 0 Å². The first-order valence-electron chi connectivity index (χ1n) is 8.07. The van der Waals surface area contributed by atoms with Crippen molar-refractivity contribution in [1.82, 2.24) is 14.3 Å². The number of phenolic OH excluding ortho intramolecular Hbond substituents is 1. The highest BCUT2D eigenvalue weighted by molar-refractivity contribution is 5.56. The van der Waals surface area contributed by atoms with Gasteiger partial charge in [-0.15, -0.1) is 0 Å². The molecule has 0 aliphatic heterocycles. The SMILES string of the molecule is COc1cc(CCCO)cc(-n2[nH]c(=O)n(-c3ccccc3)c2=O)c1O. The molecule has 3 rings (SSSR count). The lowest BCUT2D eigenvalue weighted by atomic mass is 10.1. The average Bonchev–Trinajstić information content (AvgIpc) is 2.95. The van der Waals surface area contributed by atoms with Gasteiger partial charge in [0, 0.05) is 6.61 Å². The molecule has 8 heteroatoms. The minimum Gasteiger partial charge on any atom is -0.503 e. The highest BCUT2D eigenvalue weighted by Gasteiger charge is 2.18. The molecule has 0 radical (unpaired) electrons. The van der Waals surface area contributed by atoms with Crippen molar-refractivity contribution in [3.05, 3.63) is 69.0 Å². The van der Waals surface area contributed by atoms with Gasteiger partial charge in [0.15, 0.2) is 11.5 Å². The molecule has 3 aromatic rings. The van der Waals surface area contributed by atoms with Crippen LogP contribution in [0.1, 0.15) is 12.0 Å². The molecule has 0 atom stereocenters. The molecule has 0 bridgehead atoms. The highest BCUT2D eigenvalue weighted by Crippen LogP contribution is 2.33. The fourth-order valence-corrected chi connectivity index (χ4v) is 2.75. The van der Waals surface area contributed by atoms with Crippen molar-refractivity contribution >= 4 is 0 Å². The van der Waals surface area contributed by atoms with E-state index >= 15 is 0 Å². The lowest BCUT2D eigenvalue weighted by Gasteiger charge is -2.11. The monoisotopic (exact) mass is 357 g/mol.